The van der Waals surface area contributed by atoms with Gasteiger partial charge in [-0.15, -0.1) is 0 Å². The van der Waals surface area contributed by atoms with Crippen molar-refractivity contribution in [2.45, 2.75) is 38.1 Å². The second-order valence-corrected chi connectivity index (χ2v) is 5.13. The Hall–Kier alpha value is -1.43. The fourth-order valence-electron chi connectivity index (χ4n) is 2.84. The van der Waals surface area contributed by atoms with Crippen LogP contribution in [0.15, 0.2) is 0 Å². The first-order chi connectivity index (χ1) is 9.13. The average Bonchev–Trinajstić information content (AvgIpc) is 2.96. The summed E-state index contributed by atoms with van der Waals surface area (Å²) < 4.78 is 0. The van der Waals surface area contributed by atoms with Gasteiger partial charge in [-0.2, -0.15) is 0 Å². The van der Waals surface area contributed by atoms with Crippen LogP contribution in [0.5, 0.6) is 0 Å². The van der Waals surface area contributed by atoms with Gasteiger partial charge in [0, 0.05) is 44.9 Å². The van der Waals surface area contributed by atoms with Gasteiger partial charge in [-0.1, -0.05) is 0 Å². The van der Waals surface area contributed by atoms with Crippen molar-refractivity contribution in [2.24, 2.45) is 0 Å². The fraction of sp³-hybridized carbons (Fsp3) is 0.769. The summed E-state index contributed by atoms with van der Waals surface area (Å²) in [7, 11) is 1.88. The number of rotatable bonds is 5. The zero-order valence-corrected chi connectivity index (χ0v) is 11.4. The Morgan fingerprint density at radius 3 is 2.63 bits per heavy atom. The van der Waals surface area contributed by atoms with Gasteiger partial charge in [-0.05, 0) is 19.9 Å². The van der Waals surface area contributed by atoms with Crippen LogP contribution in [0.25, 0.3) is 0 Å². The van der Waals surface area contributed by atoms with Crippen LogP contribution in [0.1, 0.15) is 32.1 Å². The summed E-state index contributed by atoms with van der Waals surface area (Å²) in [5.74, 6) is -0.248. The van der Waals surface area contributed by atoms with Crippen LogP contribution in [-0.2, 0) is 14.4 Å². The van der Waals surface area contributed by atoms with Crippen LogP contribution in [-0.4, -0.2) is 60.2 Å². The lowest BCUT2D eigenvalue weighted by atomic mass is 10.2. The van der Waals surface area contributed by atoms with E-state index in [1.165, 1.54) is 4.90 Å². The minimum Gasteiger partial charge on any atom is -0.338 e. The first-order valence-corrected chi connectivity index (χ1v) is 6.90. The first-order valence-electron chi connectivity index (χ1n) is 6.90. The highest BCUT2D eigenvalue weighted by Gasteiger charge is 2.31. The van der Waals surface area contributed by atoms with Gasteiger partial charge >= 0.3 is 0 Å². The van der Waals surface area contributed by atoms with Crippen molar-refractivity contribution in [1.82, 2.24) is 15.1 Å². The second-order valence-electron chi connectivity index (χ2n) is 5.13. The molecule has 2 fully saturated rings. The van der Waals surface area contributed by atoms with Gasteiger partial charge in [0.05, 0.1) is 0 Å². The van der Waals surface area contributed by atoms with Crippen LogP contribution in [0, 0.1) is 0 Å². The van der Waals surface area contributed by atoms with Crippen molar-refractivity contribution in [2.75, 3.05) is 26.7 Å². The van der Waals surface area contributed by atoms with E-state index in [-0.39, 0.29) is 36.7 Å². The highest BCUT2D eigenvalue weighted by atomic mass is 16.2. The standard InChI is InChI=1S/C13H21N3O3/c1-14-9-10-3-2-7-15(10)13(19)6-8-16-11(17)4-5-12(16)18/h10,14H,2-9H2,1H3. The molecule has 2 aliphatic rings. The van der Waals surface area contributed by atoms with Crippen LogP contribution in [0.2, 0.25) is 0 Å². The predicted octanol–water partition coefficient (Wildman–Crippen LogP) is -0.264. The molecule has 0 saturated carbocycles. The maximum atomic E-state index is 12.1. The number of nitrogens with zero attached hydrogens (tertiary/aromatic N) is 2. The Morgan fingerprint density at radius 2 is 2.00 bits per heavy atom. The molecule has 2 heterocycles. The molecule has 0 aromatic heterocycles. The summed E-state index contributed by atoms with van der Waals surface area (Å²) >= 11 is 0. The maximum absolute atomic E-state index is 12.1. The normalized spacial score (nSPS) is 23.5. The van der Waals surface area contributed by atoms with Crippen molar-refractivity contribution in [1.29, 1.82) is 0 Å². The molecule has 3 amide bonds. The molecule has 0 aromatic carbocycles. The van der Waals surface area contributed by atoms with E-state index in [1.807, 2.05) is 11.9 Å². The fourth-order valence-corrected chi connectivity index (χ4v) is 2.84. The Bertz CT molecular complexity index is 367. The number of hydrogen-bond acceptors (Lipinski definition) is 4. The van der Waals surface area contributed by atoms with Gasteiger partial charge < -0.3 is 10.2 Å². The van der Waals surface area contributed by atoms with E-state index >= 15 is 0 Å². The van der Waals surface area contributed by atoms with Crippen LogP contribution in [0.4, 0.5) is 0 Å². The summed E-state index contributed by atoms with van der Waals surface area (Å²) in [5.41, 5.74) is 0. The number of likely N-dealkylation sites (N-methyl/N-ethyl adjacent to an activating group) is 1. The number of carbonyl (C=O) groups is 3. The topological polar surface area (TPSA) is 69.7 Å². The van der Waals surface area contributed by atoms with Crippen LogP contribution in [0.3, 0.4) is 0 Å². The van der Waals surface area contributed by atoms with E-state index in [1.54, 1.807) is 0 Å². The Morgan fingerprint density at radius 1 is 1.32 bits per heavy atom. The molecular weight excluding hydrogens is 246 g/mol. The van der Waals surface area contributed by atoms with Crippen molar-refractivity contribution in [3.63, 3.8) is 0 Å². The first kappa shape index (κ1) is 14.0. The largest absolute Gasteiger partial charge is 0.338 e. The third-order valence-electron chi connectivity index (χ3n) is 3.84. The molecule has 2 rings (SSSR count). The number of carbonyl (C=O) groups excluding carboxylic acids is 3. The molecule has 0 aliphatic carbocycles. The SMILES string of the molecule is CNCC1CCCN1C(=O)CCN1C(=O)CCC1=O. The van der Waals surface area contributed by atoms with Gasteiger partial charge in [0.15, 0.2) is 0 Å². The smallest absolute Gasteiger partial charge is 0.229 e. The van der Waals surface area contributed by atoms with E-state index in [0.29, 0.717) is 12.8 Å². The molecule has 6 heteroatoms. The highest BCUT2D eigenvalue weighted by molar-refractivity contribution is 6.02. The van der Waals surface area contributed by atoms with E-state index in [0.717, 1.165) is 25.9 Å². The Balaban J connectivity index is 1.84. The van der Waals surface area contributed by atoms with Crippen molar-refractivity contribution in [3.8, 4) is 0 Å². The second kappa shape index (κ2) is 6.14. The van der Waals surface area contributed by atoms with Gasteiger partial charge in [-0.25, -0.2) is 0 Å². The molecule has 2 aliphatic heterocycles. The summed E-state index contributed by atoms with van der Waals surface area (Å²) in [5, 5.41) is 3.09. The number of hydrogen-bond donors (Lipinski definition) is 1. The van der Waals surface area contributed by atoms with E-state index in [4.69, 9.17) is 0 Å². The van der Waals surface area contributed by atoms with Crippen LogP contribution >= 0.6 is 0 Å². The summed E-state index contributed by atoms with van der Waals surface area (Å²) in [6.45, 7) is 1.82. The third kappa shape index (κ3) is 3.12. The molecule has 106 valence electrons. The molecule has 1 unspecified atom stereocenters. The van der Waals surface area contributed by atoms with Gasteiger partial charge in [-0.3, -0.25) is 19.3 Å². The summed E-state index contributed by atoms with van der Waals surface area (Å²) in [4.78, 5) is 38.2. The quantitative estimate of drug-likeness (QED) is 0.697. The molecule has 19 heavy (non-hydrogen) atoms. The Kier molecular flexibility index (Phi) is 4.52. The molecule has 0 bridgehead atoms. The summed E-state index contributed by atoms with van der Waals surface area (Å²) in [6.07, 6.45) is 2.88. The van der Waals surface area contributed by atoms with E-state index in [9.17, 15) is 14.4 Å². The highest BCUT2D eigenvalue weighted by Crippen LogP contribution is 2.18. The molecule has 0 spiro atoms. The van der Waals surface area contributed by atoms with Crippen molar-refractivity contribution >= 4 is 17.7 Å². The van der Waals surface area contributed by atoms with E-state index < -0.39 is 0 Å². The summed E-state index contributed by atoms with van der Waals surface area (Å²) in [6, 6.07) is 0.252. The van der Waals surface area contributed by atoms with Crippen molar-refractivity contribution in [3.05, 3.63) is 0 Å². The van der Waals surface area contributed by atoms with Gasteiger partial charge in [0.1, 0.15) is 0 Å². The van der Waals surface area contributed by atoms with Gasteiger partial charge in [0.25, 0.3) is 0 Å². The molecular formula is C13H21N3O3. The number of amides is 3. The molecule has 2 saturated heterocycles. The molecule has 6 nitrogen and oxygen atoms in total. The van der Waals surface area contributed by atoms with Crippen LogP contribution < -0.4 is 5.32 Å². The van der Waals surface area contributed by atoms with Crippen molar-refractivity contribution < 1.29 is 14.4 Å². The predicted molar refractivity (Wildman–Crippen MR) is 69.2 cm³/mol. The molecule has 1 N–H and O–H groups in total. The van der Waals surface area contributed by atoms with E-state index in [2.05, 4.69) is 5.32 Å². The average molecular weight is 267 g/mol. The Labute approximate surface area is 113 Å². The lowest BCUT2D eigenvalue weighted by Gasteiger charge is -2.25. The zero-order valence-electron chi connectivity index (χ0n) is 11.4. The number of nitrogens with one attached hydrogen (secondary N) is 1. The lowest BCUT2D eigenvalue weighted by Crippen LogP contribution is -2.42. The molecule has 0 radical (unpaired) electrons. The van der Waals surface area contributed by atoms with Gasteiger partial charge in [0.2, 0.25) is 17.7 Å². The lowest BCUT2D eigenvalue weighted by molar-refractivity contribution is -0.139. The number of imide groups is 1. The minimum atomic E-state index is -0.147. The zero-order chi connectivity index (χ0) is 13.8. The maximum Gasteiger partial charge on any atom is 0.229 e. The third-order valence-corrected chi connectivity index (χ3v) is 3.84. The number of likely N-dealkylation sites (tertiary alicyclic amines) is 2. The molecule has 0 aromatic rings. The molecule has 1 atom stereocenters. The monoisotopic (exact) mass is 267 g/mol. The minimum absolute atomic E-state index is 0.0465.